The highest BCUT2D eigenvalue weighted by Crippen LogP contribution is 2.39. The summed E-state index contributed by atoms with van der Waals surface area (Å²) in [6, 6.07) is 30.0. The van der Waals surface area contributed by atoms with Crippen molar-refractivity contribution in [3.05, 3.63) is 165 Å². The van der Waals surface area contributed by atoms with Crippen LogP contribution >= 0.6 is 0 Å². The molecule has 4 aromatic carbocycles. The summed E-state index contributed by atoms with van der Waals surface area (Å²) in [7, 11) is 3.74. The normalized spacial score (nSPS) is 17.1. The SMILES string of the molecule is C=C(Cc1ccc(OCCN2CCOCC2)cc1F)N1CCc2cc(-c3cc(C(=O)N(c4ccc(O)cc4)c4cc(C#N)n(C)c4C)c(C)n3C)c(C(=O)N3Cc4ccccc4CC3CN3CCCCC3)cc2C1. The summed E-state index contributed by atoms with van der Waals surface area (Å²) in [6.45, 7) is 17.1. The molecule has 2 amide bonds. The number of hydrogen-bond acceptors (Lipinski definition) is 9. The Kier molecular flexibility index (Phi) is 14.8. The van der Waals surface area contributed by atoms with E-state index in [0.29, 0.717) is 97.5 Å². The third-order valence-corrected chi connectivity index (χ3v) is 16.0. The van der Waals surface area contributed by atoms with E-state index in [1.807, 2.05) is 43.7 Å². The average Bonchev–Trinajstić information content (AvgIpc) is 3.88. The number of nitrogens with zero attached hydrogens (tertiary/aromatic N) is 8. The molecule has 0 saturated carbocycles. The minimum atomic E-state index is -0.333. The second-order valence-electron chi connectivity index (χ2n) is 20.5. The first-order valence-corrected chi connectivity index (χ1v) is 26.1. The summed E-state index contributed by atoms with van der Waals surface area (Å²) in [5.74, 6) is -0.147. The fraction of sp³-hybridized carbons (Fsp3) is 0.383. The van der Waals surface area contributed by atoms with Crippen LogP contribution in [0.3, 0.4) is 0 Å². The zero-order valence-electron chi connectivity index (χ0n) is 43.2. The van der Waals surface area contributed by atoms with Gasteiger partial charge < -0.3 is 38.4 Å². The predicted octanol–water partition coefficient (Wildman–Crippen LogP) is 9.22. The minimum absolute atomic E-state index is 0.0503. The van der Waals surface area contributed by atoms with Crippen molar-refractivity contribution in [3.63, 3.8) is 0 Å². The van der Waals surface area contributed by atoms with E-state index in [0.717, 1.165) is 97.9 Å². The van der Waals surface area contributed by atoms with E-state index in [-0.39, 0.29) is 29.4 Å². The fourth-order valence-electron chi connectivity index (χ4n) is 11.3. The number of carbonyl (C=O) groups excluding carboxylic acids is 2. The molecular formula is C60H67FN8O5. The number of halogens is 1. The first kappa shape index (κ1) is 50.4. The van der Waals surface area contributed by atoms with E-state index in [1.165, 1.54) is 18.1 Å². The zero-order valence-corrected chi connectivity index (χ0v) is 43.2. The number of carbonyl (C=O) groups is 2. The topological polar surface area (TPSA) is 123 Å². The van der Waals surface area contributed by atoms with E-state index in [9.17, 15) is 10.4 Å². The molecule has 10 rings (SSSR count). The second kappa shape index (κ2) is 21.7. The van der Waals surface area contributed by atoms with Gasteiger partial charge in [0.1, 0.15) is 35.7 Å². The highest BCUT2D eigenvalue weighted by Gasteiger charge is 2.36. The number of benzene rings is 4. The van der Waals surface area contributed by atoms with Crippen LogP contribution in [0.5, 0.6) is 11.5 Å². The van der Waals surface area contributed by atoms with Crippen LogP contribution in [-0.4, -0.2) is 117 Å². The number of rotatable bonds is 14. The maximum absolute atomic E-state index is 15.8. The van der Waals surface area contributed by atoms with Crippen LogP contribution < -0.4 is 9.64 Å². The van der Waals surface area contributed by atoms with Gasteiger partial charge in [-0.3, -0.25) is 19.4 Å². The van der Waals surface area contributed by atoms with E-state index >= 15 is 14.0 Å². The van der Waals surface area contributed by atoms with Gasteiger partial charge in [0.15, 0.2) is 0 Å². The number of fused-ring (bicyclic) bond motifs is 2. The summed E-state index contributed by atoms with van der Waals surface area (Å²) < 4.78 is 30.9. The van der Waals surface area contributed by atoms with Crippen molar-refractivity contribution in [1.82, 2.24) is 28.7 Å². The van der Waals surface area contributed by atoms with Gasteiger partial charge in [-0.1, -0.05) is 43.3 Å². The summed E-state index contributed by atoms with van der Waals surface area (Å²) in [4.78, 5) is 41.8. The zero-order chi connectivity index (χ0) is 51.6. The van der Waals surface area contributed by atoms with Crippen molar-refractivity contribution in [1.29, 1.82) is 5.26 Å². The van der Waals surface area contributed by atoms with Gasteiger partial charge in [-0.05, 0) is 135 Å². The molecular weight excluding hydrogens is 932 g/mol. The lowest BCUT2D eigenvalue weighted by Crippen LogP contribution is -2.51. The Morgan fingerprint density at radius 2 is 1.58 bits per heavy atom. The lowest BCUT2D eigenvalue weighted by molar-refractivity contribution is 0.0322. The third kappa shape index (κ3) is 10.3. The average molecular weight is 999 g/mol. The van der Waals surface area contributed by atoms with Crippen molar-refractivity contribution in [2.24, 2.45) is 14.1 Å². The first-order valence-electron chi connectivity index (χ1n) is 26.1. The number of hydrogen-bond donors (Lipinski definition) is 1. The lowest BCUT2D eigenvalue weighted by Gasteiger charge is -2.41. The van der Waals surface area contributed by atoms with Gasteiger partial charge in [0.2, 0.25) is 0 Å². The van der Waals surface area contributed by atoms with Crippen LogP contribution in [0.15, 0.2) is 103 Å². The number of amides is 2. The number of anilines is 2. The molecule has 2 saturated heterocycles. The number of nitriles is 1. The number of aromatic hydroxyl groups is 1. The summed E-state index contributed by atoms with van der Waals surface area (Å²) >= 11 is 0. The summed E-state index contributed by atoms with van der Waals surface area (Å²) in [6.07, 6.45) is 5.27. The lowest BCUT2D eigenvalue weighted by atomic mass is 9.89. The molecule has 14 heteroatoms. The molecule has 0 radical (unpaired) electrons. The number of likely N-dealkylation sites (tertiary alicyclic amines) is 1. The van der Waals surface area contributed by atoms with Gasteiger partial charge in [0.25, 0.3) is 11.8 Å². The van der Waals surface area contributed by atoms with Crippen LogP contribution in [0.4, 0.5) is 15.8 Å². The summed E-state index contributed by atoms with van der Waals surface area (Å²) in [5, 5.41) is 20.3. The third-order valence-electron chi connectivity index (χ3n) is 16.0. The van der Waals surface area contributed by atoms with Crippen LogP contribution in [0.2, 0.25) is 0 Å². The Morgan fingerprint density at radius 1 is 0.824 bits per heavy atom. The molecule has 0 bridgehead atoms. The molecule has 74 heavy (non-hydrogen) atoms. The highest BCUT2D eigenvalue weighted by atomic mass is 19.1. The molecule has 0 spiro atoms. The van der Waals surface area contributed by atoms with E-state index in [4.69, 9.17) is 9.47 Å². The van der Waals surface area contributed by atoms with Gasteiger partial charge in [-0.2, -0.15) is 5.26 Å². The van der Waals surface area contributed by atoms with Crippen molar-refractivity contribution >= 4 is 23.2 Å². The molecule has 13 nitrogen and oxygen atoms in total. The Hall–Kier alpha value is -7.18. The number of phenolic OH excluding ortho intramolecular Hbond substituents is 1. The van der Waals surface area contributed by atoms with Gasteiger partial charge in [-0.15, -0.1) is 0 Å². The van der Waals surface area contributed by atoms with Crippen LogP contribution in [0.1, 0.15) is 84.9 Å². The van der Waals surface area contributed by atoms with Crippen molar-refractivity contribution in [3.8, 4) is 28.8 Å². The van der Waals surface area contributed by atoms with Crippen molar-refractivity contribution < 1.29 is 28.6 Å². The Balaban J connectivity index is 0.993. The molecule has 1 unspecified atom stereocenters. The standard InChI is InChI=1S/C60H67FN8O5/c1-40(29-45-13-18-52(34-56(45)61)74-28-25-65-23-26-73-27-24-65)67-22-19-44-31-54(55(32-47(44)37-67)59(71)68-38-46-12-8-7-11-43(46)30-50(68)39-66-20-9-6-10-21-66)58-35-53(41(2)64(58)5)60(72)69(48-14-16-51(70)17-15-48)57-33-49(36-62)63(4)42(57)3/h7-8,11-18,31-35,50,70H,1,6,9-10,19-30,37-39H2,2-5H3. The fourth-order valence-corrected chi connectivity index (χ4v) is 11.3. The molecule has 2 fully saturated rings. The quantitative estimate of drug-likeness (QED) is 0.114. The number of allylic oxidation sites excluding steroid dienone is 1. The van der Waals surface area contributed by atoms with Gasteiger partial charge in [0.05, 0.1) is 24.5 Å². The predicted molar refractivity (Wildman–Crippen MR) is 285 cm³/mol. The maximum Gasteiger partial charge on any atom is 0.264 e. The van der Waals surface area contributed by atoms with Gasteiger partial charge in [-0.25, -0.2) is 4.39 Å². The maximum atomic E-state index is 15.8. The molecule has 4 aliphatic heterocycles. The van der Waals surface area contributed by atoms with Crippen LogP contribution in [-0.2, 0) is 51.2 Å². The number of ether oxygens (including phenoxy) is 2. The molecule has 6 aromatic rings. The van der Waals surface area contributed by atoms with E-state index in [2.05, 4.69) is 62.6 Å². The van der Waals surface area contributed by atoms with Gasteiger partial charge >= 0.3 is 0 Å². The minimum Gasteiger partial charge on any atom is -0.508 e. The Morgan fingerprint density at radius 3 is 2.31 bits per heavy atom. The monoisotopic (exact) mass is 999 g/mol. The number of phenols is 1. The second-order valence-corrected chi connectivity index (χ2v) is 20.5. The molecule has 4 aliphatic rings. The molecule has 6 heterocycles. The molecule has 1 atom stereocenters. The Bertz CT molecular complexity index is 3120. The van der Waals surface area contributed by atoms with Crippen LogP contribution in [0.25, 0.3) is 11.3 Å². The van der Waals surface area contributed by atoms with E-state index in [1.54, 1.807) is 52.9 Å². The van der Waals surface area contributed by atoms with Gasteiger partial charge in [0, 0.05) is 118 Å². The number of aromatic nitrogens is 2. The van der Waals surface area contributed by atoms with E-state index < -0.39 is 0 Å². The largest absolute Gasteiger partial charge is 0.508 e. The van der Waals surface area contributed by atoms with Crippen molar-refractivity contribution in [2.75, 3.05) is 70.5 Å². The molecule has 0 aliphatic carbocycles. The van der Waals surface area contributed by atoms with Crippen molar-refractivity contribution in [2.45, 2.75) is 71.5 Å². The highest BCUT2D eigenvalue weighted by molar-refractivity contribution is 6.13. The first-order chi connectivity index (χ1) is 35.8. The molecule has 1 N–H and O–H groups in total. The number of morpholine rings is 1. The molecule has 384 valence electrons. The van der Waals surface area contributed by atoms with Crippen LogP contribution in [0, 0.1) is 31.0 Å². The Labute approximate surface area is 434 Å². The smallest absolute Gasteiger partial charge is 0.264 e. The number of piperidine rings is 1. The molecule has 2 aromatic heterocycles. The summed E-state index contributed by atoms with van der Waals surface area (Å²) in [5.41, 5.74) is 11.2.